The van der Waals surface area contributed by atoms with E-state index in [2.05, 4.69) is 11.6 Å². The molecule has 0 aliphatic rings. The van der Waals surface area contributed by atoms with E-state index in [1.807, 2.05) is 0 Å². The number of nitrogens with two attached hydrogens (primary N) is 1. The minimum absolute atomic E-state index is 0.395. The summed E-state index contributed by atoms with van der Waals surface area (Å²) in [4.78, 5) is 14.7. The topological polar surface area (TPSA) is 56.0 Å². The highest BCUT2D eigenvalue weighted by atomic mass is 16.1. The van der Waals surface area contributed by atoms with E-state index in [0.29, 0.717) is 5.57 Å². The maximum Gasteiger partial charge on any atom is 0.248 e. The molecule has 0 atom stereocenters. The van der Waals surface area contributed by atoms with Crippen LogP contribution in [0.1, 0.15) is 5.56 Å². The molecule has 2 N–H and O–H groups in total. The number of carbonyl (C=O) groups excluding carboxylic acids is 1. The van der Waals surface area contributed by atoms with Crippen LogP contribution < -0.4 is 5.73 Å². The Hall–Kier alpha value is -1.90. The van der Waals surface area contributed by atoms with Gasteiger partial charge in [0.15, 0.2) is 0 Å². The number of nitrogens with zero attached hydrogens (tertiary/aromatic N) is 1. The summed E-state index contributed by atoms with van der Waals surface area (Å²) < 4.78 is 0. The molecule has 3 nitrogen and oxygen atoms in total. The summed E-state index contributed by atoms with van der Waals surface area (Å²) in [6, 6.07) is 3.57. The average molecular weight is 174 g/mol. The predicted octanol–water partition coefficient (Wildman–Crippen LogP) is 1.14. The molecular weight excluding hydrogens is 164 g/mol. The molecular formula is C10H10N2O. The van der Waals surface area contributed by atoms with E-state index in [4.69, 9.17) is 5.73 Å². The molecule has 0 unspecified atom stereocenters. The van der Waals surface area contributed by atoms with Crippen LogP contribution in [0.2, 0.25) is 0 Å². The van der Waals surface area contributed by atoms with Crippen LogP contribution >= 0.6 is 0 Å². The number of carbonyl (C=O) groups is 1. The van der Waals surface area contributed by atoms with E-state index in [9.17, 15) is 4.79 Å². The lowest BCUT2D eigenvalue weighted by Gasteiger charge is -1.95. The van der Waals surface area contributed by atoms with Crippen molar-refractivity contribution in [2.45, 2.75) is 0 Å². The van der Waals surface area contributed by atoms with Gasteiger partial charge < -0.3 is 5.73 Å². The third-order valence-corrected chi connectivity index (χ3v) is 1.53. The second-order valence-electron chi connectivity index (χ2n) is 2.45. The van der Waals surface area contributed by atoms with E-state index < -0.39 is 5.91 Å². The van der Waals surface area contributed by atoms with Crippen molar-refractivity contribution in [3.8, 4) is 0 Å². The molecule has 0 aliphatic heterocycles. The summed E-state index contributed by atoms with van der Waals surface area (Å²) in [5, 5.41) is 0. The SMILES string of the molecule is C=CC(=Cc1ccncc1)C(N)=O. The first-order valence-electron chi connectivity index (χ1n) is 3.78. The van der Waals surface area contributed by atoms with Crippen molar-refractivity contribution in [2.75, 3.05) is 0 Å². The Morgan fingerprint density at radius 2 is 2.08 bits per heavy atom. The Morgan fingerprint density at radius 1 is 1.46 bits per heavy atom. The molecule has 0 fully saturated rings. The van der Waals surface area contributed by atoms with Gasteiger partial charge in [-0.3, -0.25) is 9.78 Å². The van der Waals surface area contributed by atoms with Crippen LogP contribution in [0.25, 0.3) is 6.08 Å². The lowest BCUT2D eigenvalue weighted by Crippen LogP contribution is -2.11. The van der Waals surface area contributed by atoms with E-state index in [1.54, 1.807) is 30.6 Å². The van der Waals surface area contributed by atoms with Gasteiger partial charge in [-0.05, 0) is 23.8 Å². The molecule has 0 bridgehead atoms. The van der Waals surface area contributed by atoms with Crippen molar-refractivity contribution >= 4 is 12.0 Å². The first kappa shape index (κ1) is 9.19. The maximum atomic E-state index is 10.8. The lowest BCUT2D eigenvalue weighted by molar-refractivity contribution is -0.114. The smallest absolute Gasteiger partial charge is 0.248 e. The molecule has 0 radical (unpaired) electrons. The zero-order valence-corrected chi connectivity index (χ0v) is 7.10. The fourth-order valence-electron chi connectivity index (χ4n) is 0.870. The van der Waals surface area contributed by atoms with Gasteiger partial charge in [-0.1, -0.05) is 12.7 Å². The highest BCUT2D eigenvalue weighted by molar-refractivity contribution is 5.99. The number of pyridine rings is 1. The fraction of sp³-hybridized carbons (Fsp3) is 0. The summed E-state index contributed by atoms with van der Waals surface area (Å²) in [5.74, 6) is -0.480. The molecule has 13 heavy (non-hydrogen) atoms. The third kappa shape index (κ3) is 2.56. The largest absolute Gasteiger partial charge is 0.366 e. The molecule has 1 amide bonds. The van der Waals surface area contributed by atoms with Crippen molar-refractivity contribution < 1.29 is 4.79 Å². The summed E-state index contributed by atoms with van der Waals surface area (Å²) in [7, 11) is 0. The van der Waals surface area contributed by atoms with Crippen molar-refractivity contribution in [3.05, 3.63) is 48.3 Å². The maximum absolute atomic E-state index is 10.8. The molecule has 1 aromatic rings. The van der Waals surface area contributed by atoms with Gasteiger partial charge in [-0.15, -0.1) is 0 Å². The third-order valence-electron chi connectivity index (χ3n) is 1.53. The van der Waals surface area contributed by atoms with E-state index in [-0.39, 0.29) is 0 Å². The standard InChI is InChI=1S/C10H10N2O/c1-2-9(10(11)13)7-8-3-5-12-6-4-8/h2-7H,1H2,(H2,11,13). The van der Waals surface area contributed by atoms with Crippen molar-refractivity contribution in [1.29, 1.82) is 0 Å². The fourth-order valence-corrected chi connectivity index (χ4v) is 0.870. The Labute approximate surface area is 76.6 Å². The van der Waals surface area contributed by atoms with E-state index in [1.165, 1.54) is 6.08 Å². The van der Waals surface area contributed by atoms with Crippen LogP contribution in [0.5, 0.6) is 0 Å². The van der Waals surface area contributed by atoms with Gasteiger partial charge in [0.1, 0.15) is 0 Å². The first-order chi connectivity index (χ1) is 6.24. The van der Waals surface area contributed by atoms with Crippen LogP contribution in [0.4, 0.5) is 0 Å². The van der Waals surface area contributed by atoms with E-state index in [0.717, 1.165) is 5.56 Å². The van der Waals surface area contributed by atoms with Gasteiger partial charge >= 0.3 is 0 Å². The quantitative estimate of drug-likeness (QED) is 0.551. The average Bonchev–Trinajstić information content (AvgIpc) is 2.15. The number of rotatable bonds is 3. The number of hydrogen-bond acceptors (Lipinski definition) is 2. The zero-order valence-electron chi connectivity index (χ0n) is 7.10. The van der Waals surface area contributed by atoms with Gasteiger partial charge in [0.05, 0.1) is 0 Å². The van der Waals surface area contributed by atoms with E-state index >= 15 is 0 Å². The van der Waals surface area contributed by atoms with Crippen molar-refractivity contribution in [2.24, 2.45) is 5.73 Å². The summed E-state index contributed by atoms with van der Waals surface area (Å²) >= 11 is 0. The Kier molecular flexibility index (Phi) is 2.97. The second-order valence-corrected chi connectivity index (χ2v) is 2.45. The minimum Gasteiger partial charge on any atom is -0.366 e. The Morgan fingerprint density at radius 3 is 2.54 bits per heavy atom. The van der Waals surface area contributed by atoms with Crippen LogP contribution in [-0.4, -0.2) is 10.9 Å². The van der Waals surface area contributed by atoms with Crippen LogP contribution in [-0.2, 0) is 4.79 Å². The number of aromatic nitrogens is 1. The molecule has 1 heterocycles. The number of primary amides is 1. The molecule has 0 saturated heterocycles. The van der Waals surface area contributed by atoms with Crippen molar-refractivity contribution in [1.82, 2.24) is 4.98 Å². The summed E-state index contributed by atoms with van der Waals surface area (Å²) in [5.41, 5.74) is 6.37. The van der Waals surface area contributed by atoms with Crippen LogP contribution in [0.15, 0.2) is 42.8 Å². The molecule has 0 aromatic carbocycles. The Balaban J connectivity index is 2.98. The number of hydrogen-bond donors (Lipinski definition) is 1. The zero-order chi connectivity index (χ0) is 9.68. The molecule has 1 rings (SSSR count). The molecule has 66 valence electrons. The van der Waals surface area contributed by atoms with Crippen LogP contribution in [0, 0.1) is 0 Å². The van der Waals surface area contributed by atoms with Crippen molar-refractivity contribution in [3.63, 3.8) is 0 Å². The number of amides is 1. The first-order valence-corrected chi connectivity index (χ1v) is 3.78. The van der Waals surface area contributed by atoms with Gasteiger partial charge in [-0.2, -0.15) is 0 Å². The highest BCUT2D eigenvalue weighted by Crippen LogP contribution is 2.05. The minimum atomic E-state index is -0.480. The molecule has 0 spiro atoms. The molecule has 0 saturated carbocycles. The highest BCUT2D eigenvalue weighted by Gasteiger charge is 1.98. The molecule has 3 heteroatoms. The van der Waals surface area contributed by atoms with Gasteiger partial charge in [0.25, 0.3) is 0 Å². The summed E-state index contributed by atoms with van der Waals surface area (Å²) in [6.45, 7) is 3.49. The monoisotopic (exact) mass is 174 g/mol. The second kappa shape index (κ2) is 4.21. The van der Waals surface area contributed by atoms with Crippen LogP contribution in [0.3, 0.4) is 0 Å². The Bertz CT molecular complexity index is 341. The summed E-state index contributed by atoms with van der Waals surface area (Å²) in [6.07, 6.45) is 6.39. The van der Waals surface area contributed by atoms with Gasteiger partial charge in [0.2, 0.25) is 5.91 Å². The van der Waals surface area contributed by atoms with Gasteiger partial charge in [-0.25, -0.2) is 0 Å². The van der Waals surface area contributed by atoms with Gasteiger partial charge in [0, 0.05) is 18.0 Å². The predicted molar refractivity (Wildman–Crippen MR) is 51.6 cm³/mol. The molecule has 0 aliphatic carbocycles. The normalized spacial score (nSPS) is 10.9. The molecule has 1 aromatic heterocycles. The lowest BCUT2D eigenvalue weighted by atomic mass is 10.1.